The zero-order chi connectivity index (χ0) is 8.39. The molecule has 0 nitrogen and oxygen atoms in total. The first-order valence-electron chi connectivity index (χ1n) is 4.30. The Morgan fingerprint density at radius 2 is 1.50 bits per heavy atom. The summed E-state index contributed by atoms with van der Waals surface area (Å²) in [7, 11) is 0. The summed E-state index contributed by atoms with van der Waals surface area (Å²) in [6, 6.07) is 0. The van der Waals surface area contributed by atoms with Crippen LogP contribution in [0.5, 0.6) is 0 Å². The maximum absolute atomic E-state index is 2.30. The summed E-state index contributed by atoms with van der Waals surface area (Å²) in [4.78, 5) is 0. The molecule has 0 N–H and O–H groups in total. The summed E-state index contributed by atoms with van der Waals surface area (Å²) in [5, 5.41) is 0. The van der Waals surface area contributed by atoms with Gasteiger partial charge in [-0.25, -0.2) is 0 Å². The Labute approximate surface area is 85.1 Å². The second kappa shape index (κ2) is 3.59. The molecule has 0 aliphatic heterocycles. The Morgan fingerprint density at radius 3 is 1.83 bits per heavy atom. The third-order valence-corrected chi connectivity index (χ3v) is 3.50. The summed E-state index contributed by atoms with van der Waals surface area (Å²) in [5.74, 6) is 0. The molecule has 12 heavy (non-hydrogen) atoms. The van der Waals surface area contributed by atoms with Crippen LogP contribution >= 0.6 is 0 Å². The molecule has 2 aliphatic carbocycles. The molecule has 0 spiro atoms. The molecule has 0 heterocycles. The molecular formula is C11H11Ti. The molecule has 2 rings (SSSR count). The molecule has 0 amide bonds. The van der Waals surface area contributed by atoms with Crippen LogP contribution < -0.4 is 0 Å². The van der Waals surface area contributed by atoms with Gasteiger partial charge in [-0.15, -0.1) is 0 Å². The van der Waals surface area contributed by atoms with Gasteiger partial charge < -0.3 is 0 Å². The molecule has 1 heteroatoms. The Balaban J connectivity index is 2.05. The second-order valence-electron chi connectivity index (χ2n) is 3.18. The molecule has 0 radical (unpaired) electrons. The van der Waals surface area contributed by atoms with Gasteiger partial charge in [0.2, 0.25) is 0 Å². The van der Waals surface area contributed by atoms with Gasteiger partial charge in [0, 0.05) is 0 Å². The van der Waals surface area contributed by atoms with E-state index in [0.717, 1.165) is 12.8 Å². The fourth-order valence-corrected chi connectivity index (χ4v) is 2.26. The van der Waals surface area contributed by atoms with Crippen molar-refractivity contribution in [2.75, 3.05) is 0 Å². The van der Waals surface area contributed by atoms with Crippen LogP contribution in [0.1, 0.15) is 12.8 Å². The molecule has 59 valence electrons. The van der Waals surface area contributed by atoms with E-state index in [1.807, 2.05) is 0 Å². The van der Waals surface area contributed by atoms with Crippen molar-refractivity contribution in [3.63, 3.8) is 0 Å². The second-order valence-corrected chi connectivity index (χ2v) is 4.08. The predicted octanol–water partition coefficient (Wildman–Crippen LogP) is 3.09. The van der Waals surface area contributed by atoms with Gasteiger partial charge in [-0.3, -0.25) is 0 Å². The van der Waals surface area contributed by atoms with E-state index in [0.29, 0.717) is 4.22 Å². The van der Waals surface area contributed by atoms with Crippen LogP contribution in [0.2, 0.25) is 4.22 Å². The summed E-state index contributed by atoms with van der Waals surface area (Å²) in [6.07, 6.45) is 15.6. The van der Waals surface area contributed by atoms with Crippen LogP contribution in [0.3, 0.4) is 0 Å². The Hall–Kier alpha value is -0.326. The minimum atomic E-state index is 0.648. The van der Waals surface area contributed by atoms with E-state index in [9.17, 15) is 0 Å². The molecule has 0 aromatic rings. The standard InChI is InChI=1S/C11H11.Ti/c1-2-6-10(5-1)9-11-7-3-4-8-11;/h1-5,7,9H,6,8H2;. The van der Waals surface area contributed by atoms with Gasteiger partial charge in [-0.05, 0) is 0 Å². The predicted molar refractivity (Wildman–Crippen MR) is 47.4 cm³/mol. The molecule has 2 aliphatic rings. The fraction of sp³-hybridized carbons (Fsp3) is 0.273. The molecule has 0 aromatic heterocycles. The Bertz CT molecular complexity index is 262. The average Bonchev–Trinajstić information content (AvgIpc) is 2.77. The van der Waals surface area contributed by atoms with Crippen molar-refractivity contribution in [2.24, 2.45) is 0 Å². The molecular weight excluding hydrogens is 180 g/mol. The number of rotatable bonds is 2. The van der Waals surface area contributed by atoms with Gasteiger partial charge >= 0.3 is 85.1 Å². The first kappa shape index (κ1) is 8.28. The minimum absolute atomic E-state index is 0.648. The third kappa shape index (κ3) is 1.55. The number of hydrogen-bond donors (Lipinski definition) is 0. The van der Waals surface area contributed by atoms with E-state index in [1.165, 1.54) is 0 Å². The van der Waals surface area contributed by atoms with E-state index in [4.69, 9.17) is 0 Å². The van der Waals surface area contributed by atoms with Crippen molar-refractivity contribution < 1.29 is 20.4 Å². The molecule has 0 aromatic carbocycles. The summed E-state index contributed by atoms with van der Waals surface area (Å²) in [6.45, 7) is 0. The van der Waals surface area contributed by atoms with Gasteiger partial charge in [-0.1, -0.05) is 0 Å². The summed E-state index contributed by atoms with van der Waals surface area (Å²) >= 11 is 2.30. The number of hydrogen-bond acceptors (Lipinski definition) is 0. The molecule has 0 bridgehead atoms. The van der Waals surface area contributed by atoms with Crippen molar-refractivity contribution >= 4 is 0 Å². The van der Waals surface area contributed by atoms with E-state index >= 15 is 0 Å². The molecule has 0 fully saturated rings. The van der Waals surface area contributed by atoms with Crippen molar-refractivity contribution in [2.45, 2.75) is 17.1 Å². The zero-order valence-corrected chi connectivity index (χ0v) is 8.52. The van der Waals surface area contributed by atoms with E-state index in [-0.39, 0.29) is 0 Å². The maximum atomic E-state index is 2.30. The number of allylic oxidation sites excluding steroid dienone is 8. The van der Waals surface area contributed by atoms with E-state index in [1.54, 1.807) is 11.1 Å². The topological polar surface area (TPSA) is 0 Å². The van der Waals surface area contributed by atoms with Crippen LogP contribution in [-0.2, 0) is 20.4 Å². The summed E-state index contributed by atoms with van der Waals surface area (Å²) in [5.41, 5.74) is 3.12. The Morgan fingerprint density at radius 1 is 1.00 bits per heavy atom. The monoisotopic (exact) mass is 191 g/mol. The third-order valence-electron chi connectivity index (χ3n) is 2.34. The first-order valence-corrected chi connectivity index (χ1v) is 5.20. The van der Waals surface area contributed by atoms with Gasteiger partial charge in [0.25, 0.3) is 0 Å². The van der Waals surface area contributed by atoms with Gasteiger partial charge in [-0.2, -0.15) is 0 Å². The quantitative estimate of drug-likeness (QED) is 0.588. The van der Waals surface area contributed by atoms with Crippen molar-refractivity contribution in [1.29, 1.82) is 0 Å². The van der Waals surface area contributed by atoms with Gasteiger partial charge in [0.05, 0.1) is 0 Å². The molecule has 0 atom stereocenters. The normalized spacial score (nSPS) is 20.3. The van der Waals surface area contributed by atoms with Crippen molar-refractivity contribution in [1.82, 2.24) is 0 Å². The zero-order valence-electron chi connectivity index (χ0n) is 6.96. The SMILES string of the molecule is [Ti][CH](C1=CC=CC1)C1=CC=CC1. The molecule has 0 unspecified atom stereocenters. The molecule has 0 saturated carbocycles. The Kier molecular flexibility index (Phi) is 2.48. The van der Waals surface area contributed by atoms with Crippen molar-refractivity contribution in [3.8, 4) is 0 Å². The molecule has 0 saturated heterocycles. The summed E-state index contributed by atoms with van der Waals surface area (Å²) < 4.78 is 0.648. The van der Waals surface area contributed by atoms with Gasteiger partial charge in [0.1, 0.15) is 0 Å². The van der Waals surface area contributed by atoms with Crippen LogP contribution in [0, 0.1) is 0 Å². The van der Waals surface area contributed by atoms with Crippen LogP contribution in [0.4, 0.5) is 0 Å². The van der Waals surface area contributed by atoms with E-state index in [2.05, 4.69) is 56.9 Å². The van der Waals surface area contributed by atoms with E-state index < -0.39 is 0 Å². The van der Waals surface area contributed by atoms with Gasteiger partial charge in [0.15, 0.2) is 0 Å². The van der Waals surface area contributed by atoms with Crippen molar-refractivity contribution in [3.05, 3.63) is 47.6 Å². The van der Waals surface area contributed by atoms with Crippen LogP contribution in [0.25, 0.3) is 0 Å². The van der Waals surface area contributed by atoms with Crippen LogP contribution in [-0.4, -0.2) is 0 Å². The first-order chi connectivity index (χ1) is 5.88. The fourth-order valence-electron chi connectivity index (χ4n) is 1.59. The van der Waals surface area contributed by atoms with Crippen LogP contribution in [0.15, 0.2) is 47.6 Å². The average molecular weight is 191 g/mol.